The summed E-state index contributed by atoms with van der Waals surface area (Å²) < 4.78 is 9.79. The van der Waals surface area contributed by atoms with Crippen molar-refractivity contribution < 1.29 is 14.3 Å². The lowest BCUT2D eigenvalue weighted by Crippen LogP contribution is -2.14. The van der Waals surface area contributed by atoms with Crippen LogP contribution >= 0.6 is 11.6 Å². The summed E-state index contributed by atoms with van der Waals surface area (Å²) in [6.45, 7) is 2.56. The van der Waals surface area contributed by atoms with Gasteiger partial charge in [0, 0.05) is 5.69 Å². The van der Waals surface area contributed by atoms with E-state index in [-0.39, 0.29) is 12.5 Å². The molecule has 1 aromatic carbocycles. The average Bonchev–Trinajstić information content (AvgIpc) is 2.29. The molecule has 0 aliphatic rings. The van der Waals surface area contributed by atoms with E-state index in [0.29, 0.717) is 17.4 Å². The van der Waals surface area contributed by atoms with Gasteiger partial charge in [-0.2, -0.15) is 0 Å². The third-order valence-corrected chi connectivity index (χ3v) is 2.19. The smallest absolute Gasteiger partial charge is 0.325 e. The Morgan fingerprint density at radius 3 is 2.81 bits per heavy atom. The second kappa shape index (κ2) is 6.23. The number of halogens is 1. The molecule has 0 spiro atoms. The summed E-state index contributed by atoms with van der Waals surface area (Å²) in [7, 11) is 1.34. The van der Waals surface area contributed by atoms with E-state index in [9.17, 15) is 4.79 Å². The number of nitrogens with one attached hydrogen (secondary N) is 1. The van der Waals surface area contributed by atoms with Gasteiger partial charge in [-0.1, -0.05) is 11.6 Å². The molecule has 0 aliphatic carbocycles. The summed E-state index contributed by atoms with van der Waals surface area (Å²) in [5, 5.41) is 3.40. The number of hydrogen-bond donors (Lipinski definition) is 1. The fraction of sp³-hybridized carbons (Fsp3) is 0.364. The summed E-state index contributed by atoms with van der Waals surface area (Å²) >= 11 is 5.98. The fourth-order valence-electron chi connectivity index (χ4n) is 1.13. The summed E-state index contributed by atoms with van der Waals surface area (Å²) in [6.07, 6.45) is 0. The molecular formula is C11H14ClNO3. The number of ether oxygens (including phenoxy) is 2. The van der Waals surface area contributed by atoms with Gasteiger partial charge in [0.2, 0.25) is 0 Å². The van der Waals surface area contributed by atoms with Crippen molar-refractivity contribution in [3.8, 4) is 5.75 Å². The number of hydrogen-bond acceptors (Lipinski definition) is 4. The molecule has 0 saturated carbocycles. The Labute approximate surface area is 99.5 Å². The minimum absolute atomic E-state index is 0.112. The molecule has 0 aromatic heterocycles. The van der Waals surface area contributed by atoms with E-state index < -0.39 is 0 Å². The van der Waals surface area contributed by atoms with Crippen molar-refractivity contribution in [2.24, 2.45) is 0 Å². The fourth-order valence-corrected chi connectivity index (χ4v) is 1.36. The quantitative estimate of drug-likeness (QED) is 0.807. The van der Waals surface area contributed by atoms with Gasteiger partial charge in [0.1, 0.15) is 12.3 Å². The molecular weight excluding hydrogens is 230 g/mol. The minimum atomic E-state index is -0.329. The second-order valence-corrected chi connectivity index (χ2v) is 3.42. The number of benzene rings is 1. The minimum Gasteiger partial charge on any atom is -0.492 e. The number of esters is 1. The molecule has 1 rings (SSSR count). The molecule has 5 heteroatoms. The van der Waals surface area contributed by atoms with Crippen LogP contribution in [0.3, 0.4) is 0 Å². The van der Waals surface area contributed by atoms with Crippen molar-refractivity contribution in [1.82, 2.24) is 0 Å². The summed E-state index contributed by atoms with van der Waals surface area (Å²) in [6, 6.07) is 5.25. The molecule has 0 amide bonds. The maximum absolute atomic E-state index is 10.9. The number of methoxy groups -OCH3 is 1. The van der Waals surface area contributed by atoms with Crippen molar-refractivity contribution in [3.05, 3.63) is 23.2 Å². The van der Waals surface area contributed by atoms with Gasteiger partial charge in [0.05, 0.1) is 18.7 Å². The first-order chi connectivity index (χ1) is 7.67. The lowest BCUT2D eigenvalue weighted by molar-refractivity contribution is -0.138. The van der Waals surface area contributed by atoms with E-state index in [1.54, 1.807) is 18.2 Å². The second-order valence-electron chi connectivity index (χ2n) is 3.01. The average molecular weight is 244 g/mol. The Kier molecular flexibility index (Phi) is 4.92. The molecule has 0 heterocycles. The molecule has 88 valence electrons. The maximum Gasteiger partial charge on any atom is 0.325 e. The van der Waals surface area contributed by atoms with Gasteiger partial charge in [-0.15, -0.1) is 0 Å². The predicted octanol–water partition coefficient (Wildman–Crippen LogP) is 2.32. The molecule has 0 atom stereocenters. The lowest BCUT2D eigenvalue weighted by Gasteiger charge is -2.09. The highest BCUT2D eigenvalue weighted by molar-refractivity contribution is 6.32. The van der Waals surface area contributed by atoms with Crippen LogP contribution in [0.15, 0.2) is 18.2 Å². The van der Waals surface area contributed by atoms with E-state index >= 15 is 0 Å². The number of carbonyl (C=O) groups is 1. The maximum atomic E-state index is 10.9. The summed E-state index contributed by atoms with van der Waals surface area (Å²) in [5.41, 5.74) is 0.749. The molecule has 0 unspecified atom stereocenters. The molecule has 16 heavy (non-hydrogen) atoms. The van der Waals surface area contributed by atoms with Crippen molar-refractivity contribution in [2.75, 3.05) is 25.6 Å². The molecule has 0 saturated heterocycles. The highest BCUT2D eigenvalue weighted by Crippen LogP contribution is 2.27. The van der Waals surface area contributed by atoms with Crippen LogP contribution in [0.25, 0.3) is 0 Å². The van der Waals surface area contributed by atoms with Gasteiger partial charge >= 0.3 is 5.97 Å². The van der Waals surface area contributed by atoms with E-state index in [1.807, 2.05) is 6.92 Å². The molecule has 0 radical (unpaired) electrons. The lowest BCUT2D eigenvalue weighted by atomic mass is 10.3. The van der Waals surface area contributed by atoms with Gasteiger partial charge < -0.3 is 14.8 Å². The highest BCUT2D eigenvalue weighted by atomic mass is 35.5. The van der Waals surface area contributed by atoms with Crippen LogP contribution in [0.4, 0.5) is 5.69 Å². The zero-order valence-corrected chi connectivity index (χ0v) is 10.0. The van der Waals surface area contributed by atoms with Crippen LogP contribution in [0.1, 0.15) is 6.92 Å². The van der Waals surface area contributed by atoms with Gasteiger partial charge in [0.25, 0.3) is 0 Å². The van der Waals surface area contributed by atoms with Crippen molar-refractivity contribution >= 4 is 23.3 Å². The van der Waals surface area contributed by atoms with Crippen LogP contribution in [0.2, 0.25) is 5.02 Å². The van der Waals surface area contributed by atoms with Gasteiger partial charge in [-0.05, 0) is 25.1 Å². The van der Waals surface area contributed by atoms with Crippen molar-refractivity contribution in [2.45, 2.75) is 6.92 Å². The SMILES string of the molecule is CCOc1ccc(NCC(=O)OC)cc1Cl. The van der Waals surface area contributed by atoms with E-state index in [1.165, 1.54) is 7.11 Å². The van der Waals surface area contributed by atoms with Gasteiger partial charge in [0.15, 0.2) is 0 Å². The Morgan fingerprint density at radius 2 is 2.25 bits per heavy atom. The normalized spacial score (nSPS) is 9.69. The summed E-state index contributed by atoms with van der Waals surface area (Å²) in [5.74, 6) is 0.304. The van der Waals surface area contributed by atoms with Crippen LogP contribution < -0.4 is 10.1 Å². The van der Waals surface area contributed by atoms with E-state index in [2.05, 4.69) is 10.1 Å². The van der Waals surface area contributed by atoms with Crippen LogP contribution in [0, 0.1) is 0 Å². The summed E-state index contributed by atoms with van der Waals surface area (Å²) in [4.78, 5) is 10.9. The molecule has 1 aromatic rings. The molecule has 0 aliphatic heterocycles. The standard InChI is InChI=1S/C11H14ClNO3/c1-3-16-10-5-4-8(6-9(10)12)13-7-11(14)15-2/h4-6,13H,3,7H2,1-2H3. The van der Waals surface area contributed by atoms with E-state index in [4.69, 9.17) is 16.3 Å². The Hall–Kier alpha value is -1.42. The Morgan fingerprint density at radius 1 is 1.50 bits per heavy atom. The topological polar surface area (TPSA) is 47.6 Å². The molecule has 4 nitrogen and oxygen atoms in total. The van der Waals surface area contributed by atoms with Gasteiger partial charge in [-0.3, -0.25) is 4.79 Å². The first-order valence-electron chi connectivity index (χ1n) is 4.90. The monoisotopic (exact) mass is 243 g/mol. The predicted molar refractivity (Wildman–Crippen MR) is 63.1 cm³/mol. The number of anilines is 1. The third kappa shape index (κ3) is 3.62. The first kappa shape index (κ1) is 12.6. The van der Waals surface area contributed by atoms with E-state index in [0.717, 1.165) is 5.69 Å². The zero-order chi connectivity index (χ0) is 12.0. The third-order valence-electron chi connectivity index (χ3n) is 1.90. The largest absolute Gasteiger partial charge is 0.492 e. The molecule has 0 bridgehead atoms. The van der Waals surface area contributed by atoms with Crippen LogP contribution in [0.5, 0.6) is 5.75 Å². The van der Waals surface area contributed by atoms with Crippen molar-refractivity contribution in [1.29, 1.82) is 0 Å². The molecule has 1 N–H and O–H groups in total. The number of carbonyl (C=O) groups excluding carboxylic acids is 1. The van der Waals surface area contributed by atoms with Crippen molar-refractivity contribution in [3.63, 3.8) is 0 Å². The molecule has 0 fully saturated rings. The zero-order valence-electron chi connectivity index (χ0n) is 9.25. The van der Waals surface area contributed by atoms with Crippen LogP contribution in [-0.2, 0) is 9.53 Å². The Bertz CT molecular complexity index is 368. The highest BCUT2D eigenvalue weighted by Gasteiger charge is 2.04. The first-order valence-corrected chi connectivity index (χ1v) is 5.28. The van der Waals surface area contributed by atoms with Gasteiger partial charge in [-0.25, -0.2) is 0 Å². The Balaban J connectivity index is 2.62. The van der Waals surface area contributed by atoms with Crippen LogP contribution in [-0.4, -0.2) is 26.2 Å². The number of rotatable bonds is 5.